The van der Waals surface area contributed by atoms with Crippen molar-refractivity contribution >= 4 is 5.91 Å². The van der Waals surface area contributed by atoms with E-state index in [0.717, 1.165) is 0 Å². The molecule has 1 unspecified atom stereocenters. The van der Waals surface area contributed by atoms with Crippen LogP contribution in [0.25, 0.3) is 0 Å². The van der Waals surface area contributed by atoms with Crippen molar-refractivity contribution in [2.75, 3.05) is 33.4 Å². The van der Waals surface area contributed by atoms with Crippen LogP contribution in [0.4, 0.5) is 0 Å². The first-order valence-corrected chi connectivity index (χ1v) is 4.53. The number of nitrogens with two attached hydrogens (primary N) is 1. The minimum atomic E-state index is -0.154. The number of nitriles is 1. The van der Waals surface area contributed by atoms with Gasteiger partial charge in [-0.05, 0) is 6.92 Å². The fraction of sp³-hybridized carbons (Fsp3) is 0.778. The van der Waals surface area contributed by atoms with Gasteiger partial charge < -0.3 is 15.4 Å². The molecule has 0 spiro atoms. The van der Waals surface area contributed by atoms with E-state index in [-0.39, 0.29) is 18.4 Å². The first-order valence-electron chi connectivity index (χ1n) is 4.53. The summed E-state index contributed by atoms with van der Waals surface area (Å²) in [6.07, 6.45) is 0. The molecule has 0 bridgehead atoms. The third kappa shape index (κ3) is 5.51. The van der Waals surface area contributed by atoms with Gasteiger partial charge in [-0.15, -0.1) is 0 Å². The van der Waals surface area contributed by atoms with Crippen molar-refractivity contribution in [2.45, 2.75) is 6.92 Å². The predicted octanol–water partition coefficient (Wildman–Crippen LogP) is -0.420. The Balaban J connectivity index is 3.71. The normalized spacial score (nSPS) is 11.9. The Morgan fingerprint density at radius 1 is 1.71 bits per heavy atom. The molecule has 80 valence electrons. The van der Waals surface area contributed by atoms with E-state index >= 15 is 0 Å². The summed E-state index contributed by atoms with van der Waals surface area (Å²) in [4.78, 5) is 12.8. The number of carbonyl (C=O) groups is 1. The van der Waals surface area contributed by atoms with Crippen LogP contribution in [0.2, 0.25) is 0 Å². The van der Waals surface area contributed by atoms with Crippen molar-refractivity contribution in [3.05, 3.63) is 0 Å². The minimum absolute atomic E-state index is 0.0336. The smallest absolute Gasteiger partial charge is 0.248 e. The lowest BCUT2D eigenvalue weighted by Crippen LogP contribution is -2.34. The zero-order valence-electron chi connectivity index (χ0n) is 8.69. The molecule has 0 rings (SSSR count). The maximum Gasteiger partial charge on any atom is 0.248 e. The van der Waals surface area contributed by atoms with Crippen LogP contribution in [0.1, 0.15) is 6.92 Å². The molecule has 0 fully saturated rings. The molecule has 5 heteroatoms. The first-order chi connectivity index (χ1) is 6.61. The number of hydrogen-bond donors (Lipinski definition) is 1. The summed E-state index contributed by atoms with van der Waals surface area (Å²) < 4.78 is 4.98. The molecule has 0 saturated carbocycles. The van der Waals surface area contributed by atoms with Crippen LogP contribution < -0.4 is 5.73 Å². The Hall–Kier alpha value is -1.12. The average molecular weight is 199 g/mol. The lowest BCUT2D eigenvalue weighted by atomic mass is 10.2. The van der Waals surface area contributed by atoms with Crippen molar-refractivity contribution in [1.29, 1.82) is 5.26 Å². The molecule has 1 amide bonds. The molecule has 0 aliphatic rings. The maximum atomic E-state index is 11.3. The number of likely N-dealkylation sites (N-methyl/N-ethyl adjacent to an activating group) is 1. The Bertz CT molecular complexity index is 213. The fourth-order valence-electron chi connectivity index (χ4n) is 0.906. The van der Waals surface area contributed by atoms with Crippen LogP contribution >= 0.6 is 0 Å². The van der Waals surface area contributed by atoms with Crippen LogP contribution in [0.5, 0.6) is 0 Å². The maximum absolute atomic E-state index is 11.3. The molecule has 0 radical (unpaired) electrons. The Morgan fingerprint density at radius 2 is 2.36 bits per heavy atom. The quantitative estimate of drug-likeness (QED) is 0.589. The van der Waals surface area contributed by atoms with Crippen LogP contribution in [-0.4, -0.2) is 44.2 Å². The predicted molar refractivity (Wildman–Crippen MR) is 52.3 cm³/mol. The minimum Gasteiger partial charge on any atom is -0.370 e. The van der Waals surface area contributed by atoms with Gasteiger partial charge in [-0.3, -0.25) is 4.79 Å². The zero-order chi connectivity index (χ0) is 11.0. The zero-order valence-corrected chi connectivity index (χ0v) is 8.69. The van der Waals surface area contributed by atoms with Crippen molar-refractivity contribution < 1.29 is 9.53 Å². The summed E-state index contributed by atoms with van der Waals surface area (Å²) in [6, 6.07) is 2.06. The van der Waals surface area contributed by atoms with E-state index in [4.69, 9.17) is 15.7 Å². The summed E-state index contributed by atoms with van der Waals surface area (Å²) >= 11 is 0. The molecule has 2 N–H and O–H groups in total. The van der Waals surface area contributed by atoms with Gasteiger partial charge in [0, 0.05) is 20.1 Å². The van der Waals surface area contributed by atoms with Gasteiger partial charge in [0.1, 0.15) is 6.61 Å². The van der Waals surface area contributed by atoms with Crippen LogP contribution in [-0.2, 0) is 9.53 Å². The summed E-state index contributed by atoms with van der Waals surface area (Å²) in [5, 5.41) is 8.54. The van der Waals surface area contributed by atoms with Crippen LogP contribution in [0.15, 0.2) is 0 Å². The number of carbonyl (C=O) groups excluding carboxylic acids is 1. The molecule has 5 nitrogen and oxygen atoms in total. The summed E-state index contributed by atoms with van der Waals surface area (Å²) in [5.41, 5.74) is 5.20. The number of ether oxygens (including phenoxy) is 1. The van der Waals surface area contributed by atoms with E-state index in [2.05, 4.69) is 6.07 Å². The number of nitrogens with zero attached hydrogens (tertiary/aromatic N) is 2. The van der Waals surface area contributed by atoms with Gasteiger partial charge in [0.25, 0.3) is 0 Å². The summed E-state index contributed by atoms with van der Waals surface area (Å²) in [6.45, 7) is 3.02. The molecule has 0 saturated heterocycles. The van der Waals surface area contributed by atoms with Gasteiger partial charge in [-0.25, -0.2) is 0 Å². The molecule has 0 aliphatic carbocycles. The van der Waals surface area contributed by atoms with Crippen LogP contribution in [0, 0.1) is 17.2 Å². The third-order valence-corrected chi connectivity index (χ3v) is 1.68. The summed E-state index contributed by atoms with van der Waals surface area (Å²) in [5.74, 6) is -0.279. The van der Waals surface area contributed by atoms with Gasteiger partial charge in [0.05, 0.1) is 18.6 Å². The fourth-order valence-corrected chi connectivity index (χ4v) is 0.906. The molecule has 0 aliphatic heterocycles. The monoisotopic (exact) mass is 199 g/mol. The third-order valence-electron chi connectivity index (χ3n) is 1.68. The largest absolute Gasteiger partial charge is 0.370 e. The van der Waals surface area contributed by atoms with Crippen LogP contribution in [0.3, 0.4) is 0 Å². The Morgan fingerprint density at radius 3 is 2.86 bits per heavy atom. The lowest BCUT2D eigenvalue weighted by molar-refractivity contribution is -0.135. The molecule has 0 aromatic rings. The number of hydrogen-bond acceptors (Lipinski definition) is 4. The average Bonchev–Trinajstić information content (AvgIpc) is 2.17. The molecule has 1 atom stereocenters. The molecule has 0 aromatic heterocycles. The molecule has 14 heavy (non-hydrogen) atoms. The molecule has 0 aromatic carbocycles. The van der Waals surface area contributed by atoms with Gasteiger partial charge >= 0.3 is 0 Å². The van der Waals surface area contributed by atoms with Crippen molar-refractivity contribution in [3.63, 3.8) is 0 Å². The highest BCUT2D eigenvalue weighted by Gasteiger charge is 2.11. The second-order valence-corrected chi connectivity index (χ2v) is 3.15. The van der Waals surface area contributed by atoms with Gasteiger partial charge in [-0.2, -0.15) is 5.26 Å². The highest BCUT2D eigenvalue weighted by molar-refractivity contribution is 5.77. The number of amides is 1. The Labute approximate surface area is 84.4 Å². The SMILES string of the molecule is CC(C#N)CN(C)C(=O)COCCN. The highest BCUT2D eigenvalue weighted by atomic mass is 16.5. The van der Waals surface area contributed by atoms with Crippen molar-refractivity contribution in [2.24, 2.45) is 11.7 Å². The highest BCUT2D eigenvalue weighted by Crippen LogP contribution is 1.96. The number of rotatable bonds is 6. The van der Waals surface area contributed by atoms with Crippen molar-refractivity contribution in [1.82, 2.24) is 4.90 Å². The second kappa shape index (κ2) is 7.30. The van der Waals surface area contributed by atoms with Crippen molar-refractivity contribution in [3.8, 4) is 6.07 Å². The summed E-state index contributed by atoms with van der Waals surface area (Å²) in [7, 11) is 1.65. The van der Waals surface area contributed by atoms with Gasteiger partial charge in [0.2, 0.25) is 5.91 Å². The van der Waals surface area contributed by atoms with Gasteiger partial charge in [0.15, 0.2) is 0 Å². The standard InChI is InChI=1S/C9H17N3O2/c1-8(5-11)6-12(2)9(13)7-14-4-3-10/h8H,3-4,6-7,10H2,1-2H3. The Kier molecular flexibility index (Phi) is 6.72. The second-order valence-electron chi connectivity index (χ2n) is 3.15. The van der Waals surface area contributed by atoms with E-state index in [1.807, 2.05) is 0 Å². The van der Waals surface area contributed by atoms with E-state index in [1.165, 1.54) is 4.90 Å². The van der Waals surface area contributed by atoms with Gasteiger partial charge in [-0.1, -0.05) is 0 Å². The first kappa shape index (κ1) is 12.9. The van der Waals surface area contributed by atoms with E-state index in [1.54, 1.807) is 14.0 Å². The van der Waals surface area contributed by atoms with E-state index < -0.39 is 0 Å². The van der Waals surface area contributed by atoms with E-state index in [0.29, 0.717) is 19.7 Å². The lowest BCUT2D eigenvalue weighted by Gasteiger charge is -2.17. The molecule has 0 heterocycles. The molecular formula is C9H17N3O2. The topological polar surface area (TPSA) is 79.3 Å². The molecular weight excluding hydrogens is 182 g/mol. The van der Waals surface area contributed by atoms with E-state index in [9.17, 15) is 4.79 Å².